The Bertz CT molecular complexity index is 841. The van der Waals surface area contributed by atoms with Crippen LogP contribution in [0, 0.1) is 0 Å². The first-order valence-electron chi connectivity index (χ1n) is 8.55. The van der Waals surface area contributed by atoms with Gasteiger partial charge in [-0.05, 0) is 30.7 Å². The lowest BCUT2D eigenvalue weighted by atomic mass is 10.3. The maximum absolute atomic E-state index is 12.7. The fourth-order valence-electron chi connectivity index (χ4n) is 2.75. The minimum absolute atomic E-state index is 0.0401. The number of thiophene rings is 1. The molecule has 140 valence electrons. The fraction of sp³-hybridized carbons (Fsp3) is 0.389. The molecule has 1 amide bonds. The summed E-state index contributed by atoms with van der Waals surface area (Å²) < 4.78 is 32.7. The monoisotopic (exact) mass is 394 g/mol. The third-order valence-electron chi connectivity index (χ3n) is 4.28. The second kappa shape index (κ2) is 8.20. The standard InChI is InChI=1S/C18H22N2O4S2/c1-2-16-8-9-18(25-16)26(22,23)20-12-10-19(11-13-20)17(21)14-24-15-6-4-3-5-7-15/h3-9H,2,10-14H2,1H3. The summed E-state index contributed by atoms with van der Waals surface area (Å²) in [5, 5.41) is 0. The Labute approximate surface area is 158 Å². The van der Waals surface area contributed by atoms with Gasteiger partial charge in [0.2, 0.25) is 0 Å². The Kier molecular flexibility index (Phi) is 5.95. The van der Waals surface area contributed by atoms with E-state index < -0.39 is 10.0 Å². The summed E-state index contributed by atoms with van der Waals surface area (Å²) in [6.07, 6.45) is 0.823. The maximum atomic E-state index is 12.7. The molecule has 2 heterocycles. The second-order valence-electron chi connectivity index (χ2n) is 5.96. The summed E-state index contributed by atoms with van der Waals surface area (Å²) in [5.74, 6) is 0.516. The van der Waals surface area contributed by atoms with Crippen LogP contribution in [0.15, 0.2) is 46.7 Å². The van der Waals surface area contributed by atoms with Crippen LogP contribution in [0.25, 0.3) is 0 Å². The first-order valence-corrected chi connectivity index (χ1v) is 10.8. The van der Waals surface area contributed by atoms with Crippen LogP contribution >= 0.6 is 11.3 Å². The number of hydrogen-bond acceptors (Lipinski definition) is 5. The van der Waals surface area contributed by atoms with E-state index in [1.807, 2.05) is 31.2 Å². The highest BCUT2D eigenvalue weighted by Gasteiger charge is 2.31. The topological polar surface area (TPSA) is 66.9 Å². The van der Waals surface area contributed by atoms with Gasteiger partial charge in [-0.3, -0.25) is 4.79 Å². The Hall–Kier alpha value is -1.90. The highest BCUT2D eigenvalue weighted by Crippen LogP contribution is 2.26. The summed E-state index contributed by atoms with van der Waals surface area (Å²) in [6, 6.07) is 12.7. The number of benzene rings is 1. The molecule has 1 fully saturated rings. The number of sulfonamides is 1. The highest BCUT2D eigenvalue weighted by molar-refractivity contribution is 7.91. The van der Waals surface area contributed by atoms with Crippen LogP contribution in [0.3, 0.4) is 0 Å². The summed E-state index contributed by atoms with van der Waals surface area (Å²) >= 11 is 1.32. The van der Waals surface area contributed by atoms with Crippen molar-refractivity contribution in [3.8, 4) is 5.75 Å². The molecule has 0 unspecified atom stereocenters. The molecular formula is C18H22N2O4S2. The summed E-state index contributed by atoms with van der Waals surface area (Å²) in [4.78, 5) is 15.0. The molecular weight excluding hydrogens is 372 g/mol. The van der Waals surface area contributed by atoms with Crippen LogP contribution in [0.1, 0.15) is 11.8 Å². The van der Waals surface area contributed by atoms with Gasteiger partial charge >= 0.3 is 0 Å². The van der Waals surface area contributed by atoms with Crippen molar-refractivity contribution in [3.05, 3.63) is 47.3 Å². The minimum Gasteiger partial charge on any atom is -0.484 e. The highest BCUT2D eigenvalue weighted by atomic mass is 32.2. The van der Waals surface area contributed by atoms with Crippen molar-refractivity contribution < 1.29 is 17.9 Å². The van der Waals surface area contributed by atoms with Crippen LogP contribution in [0.5, 0.6) is 5.75 Å². The Morgan fingerprint density at radius 3 is 2.38 bits per heavy atom. The molecule has 2 aromatic rings. The van der Waals surface area contributed by atoms with Crippen molar-refractivity contribution in [2.45, 2.75) is 17.6 Å². The number of carbonyl (C=O) groups is 1. The molecule has 1 aliphatic rings. The summed E-state index contributed by atoms with van der Waals surface area (Å²) in [7, 11) is -3.47. The molecule has 0 spiro atoms. The fourth-order valence-corrected chi connectivity index (χ4v) is 5.62. The zero-order chi connectivity index (χ0) is 18.6. The quantitative estimate of drug-likeness (QED) is 0.754. The zero-order valence-electron chi connectivity index (χ0n) is 14.6. The second-order valence-corrected chi connectivity index (χ2v) is 9.29. The van der Waals surface area contributed by atoms with Gasteiger partial charge < -0.3 is 9.64 Å². The Morgan fingerprint density at radius 1 is 1.08 bits per heavy atom. The van der Waals surface area contributed by atoms with E-state index in [4.69, 9.17) is 4.74 Å². The third-order valence-corrected chi connectivity index (χ3v) is 7.87. The first-order chi connectivity index (χ1) is 12.5. The number of nitrogens with zero attached hydrogens (tertiary/aromatic N) is 2. The zero-order valence-corrected chi connectivity index (χ0v) is 16.3. The van der Waals surface area contributed by atoms with Crippen LogP contribution in [-0.4, -0.2) is 56.3 Å². The lowest BCUT2D eigenvalue weighted by Crippen LogP contribution is -2.51. The summed E-state index contributed by atoms with van der Waals surface area (Å²) in [5.41, 5.74) is 0. The number of para-hydroxylation sites is 1. The molecule has 0 saturated carbocycles. The van der Waals surface area contributed by atoms with E-state index in [1.165, 1.54) is 15.6 Å². The van der Waals surface area contributed by atoms with E-state index in [0.717, 1.165) is 11.3 Å². The van der Waals surface area contributed by atoms with E-state index in [0.29, 0.717) is 36.1 Å². The molecule has 26 heavy (non-hydrogen) atoms. The van der Waals surface area contributed by atoms with Crippen LogP contribution in [0.4, 0.5) is 0 Å². The van der Waals surface area contributed by atoms with Gasteiger partial charge in [0.15, 0.2) is 6.61 Å². The largest absolute Gasteiger partial charge is 0.484 e. The normalized spacial score (nSPS) is 15.8. The van der Waals surface area contributed by atoms with E-state index in [2.05, 4.69) is 0 Å². The molecule has 1 saturated heterocycles. The molecule has 0 atom stereocenters. The number of ether oxygens (including phenoxy) is 1. The summed E-state index contributed by atoms with van der Waals surface area (Å²) in [6.45, 7) is 3.33. The van der Waals surface area contributed by atoms with Crippen molar-refractivity contribution in [2.75, 3.05) is 32.8 Å². The Morgan fingerprint density at radius 2 is 1.77 bits per heavy atom. The van der Waals surface area contributed by atoms with E-state index in [-0.39, 0.29) is 12.5 Å². The van der Waals surface area contributed by atoms with Gasteiger partial charge in [-0.15, -0.1) is 11.3 Å². The number of aryl methyl sites for hydroxylation is 1. The molecule has 0 aliphatic carbocycles. The van der Waals surface area contributed by atoms with E-state index in [1.54, 1.807) is 23.1 Å². The van der Waals surface area contributed by atoms with E-state index >= 15 is 0 Å². The van der Waals surface area contributed by atoms with Crippen LogP contribution < -0.4 is 4.74 Å². The van der Waals surface area contributed by atoms with Gasteiger partial charge in [0, 0.05) is 31.1 Å². The maximum Gasteiger partial charge on any atom is 0.260 e. The molecule has 0 radical (unpaired) electrons. The molecule has 1 aromatic heterocycles. The molecule has 1 aromatic carbocycles. The average Bonchev–Trinajstić information content (AvgIpc) is 3.17. The van der Waals surface area contributed by atoms with Gasteiger partial charge in [-0.1, -0.05) is 25.1 Å². The predicted octanol–water partition coefficient (Wildman–Crippen LogP) is 2.22. The number of amides is 1. The van der Waals surface area contributed by atoms with Gasteiger partial charge in [0.25, 0.3) is 15.9 Å². The van der Waals surface area contributed by atoms with Gasteiger partial charge in [0.1, 0.15) is 9.96 Å². The van der Waals surface area contributed by atoms with Crippen molar-refractivity contribution in [3.63, 3.8) is 0 Å². The molecule has 0 N–H and O–H groups in total. The Balaban J connectivity index is 1.54. The third kappa shape index (κ3) is 4.25. The van der Waals surface area contributed by atoms with Gasteiger partial charge in [-0.25, -0.2) is 8.42 Å². The molecule has 3 rings (SSSR count). The van der Waals surface area contributed by atoms with Gasteiger partial charge in [0.05, 0.1) is 0 Å². The van der Waals surface area contributed by atoms with Crippen molar-refractivity contribution in [1.29, 1.82) is 0 Å². The minimum atomic E-state index is -3.47. The number of carbonyl (C=O) groups excluding carboxylic acids is 1. The molecule has 6 nitrogen and oxygen atoms in total. The first kappa shape index (κ1) is 18.9. The average molecular weight is 395 g/mol. The van der Waals surface area contributed by atoms with Crippen molar-refractivity contribution in [1.82, 2.24) is 9.21 Å². The SMILES string of the molecule is CCc1ccc(S(=O)(=O)N2CCN(C(=O)COc3ccccc3)CC2)s1. The number of piperazine rings is 1. The number of rotatable bonds is 6. The van der Waals surface area contributed by atoms with Crippen LogP contribution in [-0.2, 0) is 21.2 Å². The van der Waals surface area contributed by atoms with E-state index in [9.17, 15) is 13.2 Å². The molecule has 1 aliphatic heterocycles. The van der Waals surface area contributed by atoms with Crippen molar-refractivity contribution in [2.24, 2.45) is 0 Å². The van der Waals surface area contributed by atoms with Crippen molar-refractivity contribution >= 4 is 27.3 Å². The van der Waals surface area contributed by atoms with Gasteiger partial charge in [-0.2, -0.15) is 4.31 Å². The lowest BCUT2D eigenvalue weighted by molar-refractivity contribution is -0.134. The smallest absolute Gasteiger partial charge is 0.260 e. The number of hydrogen-bond donors (Lipinski definition) is 0. The van der Waals surface area contributed by atoms with Crippen LogP contribution in [0.2, 0.25) is 0 Å². The lowest BCUT2D eigenvalue weighted by Gasteiger charge is -2.33. The molecule has 8 heteroatoms. The predicted molar refractivity (Wildman–Crippen MR) is 101 cm³/mol. The molecule has 0 bridgehead atoms.